The third-order valence-electron chi connectivity index (χ3n) is 4.33. The summed E-state index contributed by atoms with van der Waals surface area (Å²) in [5, 5.41) is 3.69. The van der Waals surface area contributed by atoms with E-state index in [9.17, 15) is 0 Å². The van der Waals surface area contributed by atoms with Crippen LogP contribution in [0.3, 0.4) is 0 Å². The van der Waals surface area contributed by atoms with Gasteiger partial charge in [0.05, 0.1) is 6.61 Å². The third-order valence-corrected chi connectivity index (χ3v) is 4.33. The molecule has 0 aliphatic heterocycles. The fraction of sp³-hybridized carbons (Fsp3) is 0.647. The molecular weight excluding hydrogens is 234 g/mol. The summed E-state index contributed by atoms with van der Waals surface area (Å²) in [6, 6.07) is 9.23. The molecule has 1 aliphatic carbocycles. The molecule has 2 rings (SSSR count). The Kier molecular flexibility index (Phi) is 5.26. The van der Waals surface area contributed by atoms with Gasteiger partial charge in [-0.3, -0.25) is 0 Å². The van der Waals surface area contributed by atoms with Gasteiger partial charge in [0.15, 0.2) is 0 Å². The number of ether oxygens (including phenoxy) is 1. The standard InChI is InChI=1S/C17H27NO/c1-4-12-18-16-11-10-14(13(16)3)15-8-6-7-9-17(15)19-5-2/h6-9,13-14,16,18H,4-5,10-12H2,1-3H3. The molecule has 1 saturated carbocycles. The number of hydrogen-bond acceptors (Lipinski definition) is 2. The minimum Gasteiger partial charge on any atom is -0.494 e. The molecule has 0 heterocycles. The molecule has 0 amide bonds. The quantitative estimate of drug-likeness (QED) is 0.836. The van der Waals surface area contributed by atoms with E-state index >= 15 is 0 Å². The van der Waals surface area contributed by atoms with E-state index in [1.54, 1.807) is 0 Å². The summed E-state index contributed by atoms with van der Waals surface area (Å²) in [5.41, 5.74) is 1.40. The second-order valence-electron chi connectivity index (χ2n) is 5.57. The highest BCUT2D eigenvalue weighted by atomic mass is 16.5. The van der Waals surface area contributed by atoms with Gasteiger partial charge in [0.25, 0.3) is 0 Å². The minimum absolute atomic E-state index is 0.636. The average molecular weight is 261 g/mol. The van der Waals surface area contributed by atoms with E-state index in [1.807, 2.05) is 0 Å². The molecule has 0 saturated heterocycles. The predicted molar refractivity (Wildman–Crippen MR) is 80.8 cm³/mol. The Morgan fingerprint density at radius 2 is 2.00 bits per heavy atom. The van der Waals surface area contributed by atoms with Crippen molar-refractivity contribution in [3.8, 4) is 5.75 Å². The Labute approximate surface area is 117 Å². The molecule has 0 bridgehead atoms. The van der Waals surface area contributed by atoms with Crippen LogP contribution in [-0.4, -0.2) is 19.2 Å². The first kappa shape index (κ1) is 14.4. The molecule has 0 spiro atoms. The second kappa shape index (κ2) is 6.95. The predicted octanol–water partition coefficient (Wildman–Crippen LogP) is 3.97. The van der Waals surface area contributed by atoms with Crippen LogP contribution in [0.4, 0.5) is 0 Å². The first-order valence-corrected chi connectivity index (χ1v) is 7.73. The van der Waals surface area contributed by atoms with Crippen LogP contribution in [0.15, 0.2) is 24.3 Å². The molecule has 3 atom stereocenters. The van der Waals surface area contributed by atoms with Crippen LogP contribution < -0.4 is 10.1 Å². The fourth-order valence-corrected chi connectivity index (χ4v) is 3.30. The van der Waals surface area contributed by atoms with Crippen molar-refractivity contribution in [3.63, 3.8) is 0 Å². The van der Waals surface area contributed by atoms with Crippen molar-refractivity contribution < 1.29 is 4.74 Å². The Balaban J connectivity index is 2.10. The molecule has 1 N–H and O–H groups in total. The second-order valence-corrected chi connectivity index (χ2v) is 5.57. The average Bonchev–Trinajstić information content (AvgIpc) is 2.79. The highest BCUT2D eigenvalue weighted by molar-refractivity contribution is 5.37. The molecule has 19 heavy (non-hydrogen) atoms. The van der Waals surface area contributed by atoms with Gasteiger partial charge in [0.2, 0.25) is 0 Å². The van der Waals surface area contributed by atoms with Crippen LogP contribution in [0.5, 0.6) is 5.75 Å². The Hall–Kier alpha value is -1.02. The number of hydrogen-bond donors (Lipinski definition) is 1. The lowest BCUT2D eigenvalue weighted by molar-refractivity contribution is 0.328. The SMILES string of the molecule is CCCNC1CCC(c2ccccc2OCC)C1C. The lowest BCUT2D eigenvalue weighted by atomic mass is 9.88. The van der Waals surface area contributed by atoms with Crippen molar-refractivity contribution in [2.75, 3.05) is 13.2 Å². The molecule has 106 valence electrons. The summed E-state index contributed by atoms with van der Waals surface area (Å²) < 4.78 is 5.79. The number of rotatable bonds is 6. The van der Waals surface area contributed by atoms with Gasteiger partial charge in [-0.1, -0.05) is 32.0 Å². The molecule has 1 fully saturated rings. The topological polar surface area (TPSA) is 21.3 Å². The summed E-state index contributed by atoms with van der Waals surface area (Å²) in [7, 11) is 0. The van der Waals surface area contributed by atoms with Crippen molar-refractivity contribution in [1.82, 2.24) is 5.32 Å². The van der Waals surface area contributed by atoms with Crippen LogP contribution in [-0.2, 0) is 0 Å². The number of para-hydroxylation sites is 1. The van der Waals surface area contributed by atoms with E-state index < -0.39 is 0 Å². The first-order chi connectivity index (χ1) is 9.27. The van der Waals surface area contributed by atoms with Gasteiger partial charge >= 0.3 is 0 Å². The van der Waals surface area contributed by atoms with Crippen molar-refractivity contribution in [1.29, 1.82) is 0 Å². The van der Waals surface area contributed by atoms with Gasteiger partial charge in [0, 0.05) is 6.04 Å². The molecular formula is C17H27NO. The smallest absolute Gasteiger partial charge is 0.122 e. The fourth-order valence-electron chi connectivity index (χ4n) is 3.30. The zero-order valence-corrected chi connectivity index (χ0v) is 12.5. The van der Waals surface area contributed by atoms with Crippen molar-refractivity contribution in [2.24, 2.45) is 5.92 Å². The molecule has 1 aromatic carbocycles. The monoisotopic (exact) mass is 261 g/mol. The van der Waals surface area contributed by atoms with Crippen molar-refractivity contribution in [2.45, 2.75) is 52.0 Å². The lowest BCUT2D eigenvalue weighted by Crippen LogP contribution is -2.32. The van der Waals surface area contributed by atoms with Crippen LogP contribution in [0.2, 0.25) is 0 Å². The van der Waals surface area contributed by atoms with E-state index in [-0.39, 0.29) is 0 Å². The lowest BCUT2D eigenvalue weighted by Gasteiger charge is -2.23. The first-order valence-electron chi connectivity index (χ1n) is 7.73. The van der Waals surface area contributed by atoms with E-state index in [2.05, 4.69) is 50.4 Å². The summed E-state index contributed by atoms with van der Waals surface area (Å²) in [6.45, 7) is 8.55. The van der Waals surface area contributed by atoms with E-state index in [4.69, 9.17) is 4.74 Å². The van der Waals surface area contributed by atoms with E-state index in [0.717, 1.165) is 18.9 Å². The Morgan fingerprint density at radius 1 is 1.21 bits per heavy atom. The summed E-state index contributed by atoms with van der Waals surface area (Å²) in [4.78, 5) is 0. The van der Waals surface area contributed by atoms with Gasteiger partial charge in [-0.05, 0) is 56.2 Å². The van der Waals surface area contributed by atoms with Crippen LogP contribution >= 0.6 is 0 Å². The largest absolute Gasteiger partial charge is 0.494 e. The normalized spacial score (nSPS) is 26.6. The molecule has 3 unspecified atom stereocenters. The molecule has 0 radical (unpaired) electrons. The molecule has 2 nitrogen and oxygen atoms in total. The molecule has 0 aromatic heterocycles. The molecule has 2 heteroatoms. The molecule has 1 aromatic rings. The van der Waals surface area contributed by atoms with Gasteiger partial charge in [0.1, 0.15) is 5.75 Å². The summed E-state index contributed by atoms with van der Waals surface area (Å²) in [6.07, 6.45) is 3.77. The maximum absolute atomic E-state index is 5.79. The highest BCUT2D eigenvalue weighted by Gasteiger charge is 2.34. The third kappa shape index (κ3) is 3.30. The van der Waals surface area contributed by atoms with Gasteiger partial charge in [-0.2, -0.15) is 0 Å². The van der Waals surface area contributed by atoms with Crippen molar-refractivity contribution in [3.05, 3.63) is 29.8 Å². The van der Waals surface area contributed by atoms with E-state index in [1.165, 1.54) is 24.8 Å². The van der Waals surface area contributed by atoms with E-state index in [0.29, 0.717) is 17.9 Å². The minimum atomic E-state index is 0.636. The molecule has 1 aliphatic rings. The maximum Gasteiger partial charge on any atom is 0.122 e. The van der Waals surface area contributed by atoms with Crippen LogP contribution in [0.1, 0.15) is 51.5 Å². The number of benzene rings is 1. The van der Waals surface area contributed by atoms with Crippen LogP contribution in [0.25, 0.3) is 0 Å². The zero-order chi connectivity index (χ0) is 13.7. The summed E-state index contributed by atoms with van der Waals surface area (Å²) in [5.74, 6) is 2.41. The number of nitrogens with one attached hydrogen (secondary N) is 1. The van der Waals surface area contributed by atoms with Gasteiger partial charge in [-0.15, -0.1) is 0 Å². The Morgan fingerprint density at radius 3 is 2.74 bits per heavy atom. The zero-order valence-electron chi connectivity index (χ0n) is 12.5. The maximum atomic E-state index is 5.79. The Bertz CT molecular complexity index is 391. The van der Waals surface area contributed by atoms with Crippen molar-refractivity contribution >= 4 is 0 Å². The summed E-state index contributed by atoms with van der Waals surface area (Å²) >= 11 is 0. The highest BCUT2D eigenvalue weighted by Crippen LogP contribution is 2.42. The van der Waals surface area contributed by atoms with Gasteiger partial charge in [-0.25, -0.2) is 0 Å². The van der Waals surface area contributed by atoms with Crippen LogP contribution in [0, 0.1) is 5.92 Å². The van der Waals surface area contributed by atoms with Gasteiger partial charge < -0.3 is 10.1 Å².